The van der Waals surface area contributed by atoms with Crippen molar-refractivity contribution in [1.82, 2.24) is 0 Å². The van der Waals surface area contributed by atoms with E-state index in [-0.39, 0.29) is 12.2 Å². The molecule has 2 aromatic rings. The highest BCUT2D eigenvalue weighted by Crippen LogP contribution is 2.49. The van der Waals surface area contributed by atoms with Crippen molar-refractivity contribution >= 4 is 11.9 Å². The number of carbonyl (C=O) groups excluding carboxylic acids is 2. The zero-order chi connectivity index (χ0) is 35.8. The van der Waals surface area contributed by atoms with Crippen LogP contribution in [0.4, 0.5) is 0 Å². The predicted molar refractivity (Wildman–Crippen MR) is 175 cm³/mol. The van der Waals surface area contributed by atoms with Gasteiger partial charge in [-0.25, -0.2) is 19.3 Å². The fourth-order valence-corrected chi connectivity index (χ4v) is 7.73. The molecule has 2 unspecified atom stereocenters. The molecule has 0 radical (unpaired) electrons. The van der Waals surface area contributed by atoms with Gasteiger partial charge in [0, 0.05) is 39.9 Å². The highest BCUT2D eigenvalue weighted by Gasteiger charge is 2.69. The van der Waals surface area contributed by atoms with E-state index < -0.39 is 55.9 Å². The van der Waals surface area contributed by atoms with Crippen LogP contribution in [0.25, 0.3) is 0 Å². The topological polar surface area (TPSA) is 130 Å². The number of hydroxylamine groups is 8. The van der Waals surface area contributed by atoms with Gasteiger partial charge in [-0.1, -0.05) is 36.4 Å². The van der Waals surface area contributed by atoms with Crippen molar-refractivity contribution in [2.45, 2.75) is 128 Å². The maximum Gasteiger partial charge on any atom is 0.403 e. The Bertz CT molecular complexity index is 1270. The lowest BCUT2D eigenvalue weighted by molar-refractivity contribution is -1.27. The summed E-state index contributed by atoms with van der Waals surface area (Å²) in [4.78, 5) is 51.5. The highest BCUT2D eigenvalue weighted by atomic mass is 17.0. The molecule has 2 aliphatic heterocycles. The number of piperidine rings is 2. The molecular formula is C36H54N2O10+2. The van der Waals surface area contributed by atoms with Crippen molar-refractivity contribution in [2.75, 3.05) is 14.2 Å². The quantitative estimate of drug-likeness (QED) is 0.315. The Morgan fingerprint density at radius 2 is 0.854 bits per heavy atom. The Balaban J connectivity index is 1.67. The van der Waals surface area contributed by atoms with Gasteiger partial charge in [0.05, 0.1) is 21.8 Å². The van der Waals surface area contributed by atoms with Gasteiger partial charge in [-0.15, -0.1) is 0 Å². The van der Waals surface area contributed by atoms with E-state index in [1.165, 1.54) is 0 Å². The van der Waals surface area contributed by atoms with Crippen LogP contribution in [0.3, 0.4) is 0 Å². The number of benzene rings is 2. The van der Waals surface area contributed by atoms with Crippen molar-refractivity contribution in [3.05, 3.63) is 60.7 Å². The summed E-state index contributed by atoms with van der Waals surface area (Å²) in [5.74, 6) is -1.69. The molecule has 0 aromatic heterocycles. The van der Waals surface area contributed by atoms with Gasteiger partial charge >= 0.3 is 11.9 Å². The first-order valence-electron chi connectivity index (χ1n) is 16.4. The van der Waals surface area contributed by atoms with Crippen molar-refractivity contribution < 1.29 is 58.2 Å². The van der Waals surface area contributed by atoms with Gasteiger partial charge in [0.15, 0.2) is 45.9 Å². The molecular weight excluding hydrogens is 620 g/mol. The second-order valence-corrected chi connectivity index (χ2v) is 15.4. The number of rotatable bonds is 11. The summed E-state index contributed by atoms with van der Waals surface area (Å²) in [5.41, 5.74) is -3.62. The van der Waals surface area contributed by atoms with Gasteiger partial charge in [0.2, 0.25) is 0 Å². The Kier molecular flexibility index (Phi) is 10.6. The number of nitrogens with zero attached hydrogens (tertiary/aromatic N) is 2. The molecule has 2 heterocycles. The van der Waals surface area contributed by atoms with Gasteiger partial charge in [-0.3, -0.25) is 9.68 Å². The number of methoxy groups -OCH3 is 2. The normalized spacial score (nSPS) is 29.9. The lowest BCUT2D eigenvalue weighted by Crippen LogP contribution is -2.78. The molecule has 2 fully saturated rings. The van der Waals surface area contributed by atoms with Crippen molar-refractivity contribution in [3.63, 3.8) is 0 Å². The Morgan fingerprint density at radius 1 is 0.583 bits per heavy atom. The SMILES string of the molecule is COC1CC(C)(C)[N+](OC(=O)C(O)C(O)C(=O)O[N+]2(Oc3ccccc3)C(C)(C)CC(OC)CC2(C)C)(Oc2ccccc2)C(C)(C)C1. The molecule has 4 rings (SSSR count). The number of aliphatic hydroxyl groups excluding tert-OH is 2. The molecule has 0 amide bonds. The van der Waals surface area contributed by atoms with Crippen molar-refractivity contribution in [2.24, 2.45) is 0 Å². The molecule has 48 heavy (non-hydrogen) atoms. The number of carbonyl (C=O) groups is 2. The monoisotopic (exact) mass is 674 g/mol. The van der Waals surface area contributed by atoms with Crippen LogP contribution < -0.4 is 9.68 Å². The van der Waals surface area contributed by atoms with E-state index in [1.54, 1.807) is 62.8 Å². The fraction of sp³-hybridized carbons (Fsp3) is 0.611. The molecule has 12 nitrogen and oxygen atoms in total. The smallest absolute Gasteiger partial charge is 0.381 e. The minimum Gasteiger partial charge on any atom is -0.381 e. The average Bonchev–Trinajstić information content (AvgIpc) is 3.01. The Morgan fingerprint density at radius 3 is 1.10 bits per heavy atom. The van der Waals surface area contributed by atoms with E-state index in [9.17, 15) is 19.8 Å². The molecule has 266 valence electrons. The molecule has 0 spiro atoms. The van der Waals surface area contributed by atoms with Crippen LogP contribution in [0.5, 0.6) is 11.5 Å². The second kappa shape index (κ2) is 13.6. The number of aliphatic hydroxyl groups is 2. The zero-order valence-electron chi connectivity index (χ0n) is 30.0. The molecule has 2 N–H and O–H groups in total. The number of hydrogen-bond donors (Lipinski definition) is 2. The van der Waals surface area contributed by atoms with Crippen molar-refractivity contribution in [3.8, 4) is 11.5 Å². The number of hydrogen-bond acceptors (Lipinski definition) is 10. The van der Waals surface area contributed by atoms with Gasteiger partial charge in [-0.05, 0) is 79.7 Å². The van der Waals surface area contributed by atoms with E-state index in [4.69, 9.17) is 28.8 Å². The van der Waals surface area contributed by atoms with Crippen LogP contribution in [0.15, 0.2) is 60.7 Å². The maximum absolute atomic E-state index is 13.9. The third-order valence-corrected chi connectivity index (χ3v) is 9.94. The third-order valence-electron chi connectivity index (χ3n) is 9.94. The summed E-state index contributed by atoms with van der Waals surface area (Å²) in [6, 6.07) is 17.8. The summed E-state index contributed by atoms with van der Waals surface area (Å²) in [6.07, 6.45) is -3.20. The fourth-order valence-electron chi connectivity index (χ4n) is 7.73. The van der Waals surface area contributed by atoms with Gasteiger partial charge < -0.3 is 19.7 Å². The Labute approximate surface area is 284 Å². The molecule has 12 heteroatoms. The summed E-state index contributed by atoms with van der Waals surface area (Å²) in [6.45, 7) is 15.0. The van der Waals surface area contributed by atoms with Crippen LogP contribution in [0.1, 0.15) is 81.1 Å². The molecule has 2 aromatic carbocycles. The first kappa shape index (κ1) is 37.6. The first-order chi connectivity index (χ1) is 22.3. The predicted octanol–water partition coefficient (Wildman–Crippen LogP) is 4.98. The molecule has 0 saturated carbocycles. The summed E-state index contributed by atoms with van der Waals surface area (Å²) in [5, 5.41) is 22.5. The minimum absolute atomic E-state index is 0.164. The molecule has 0 aliphatic carbocycles. The highest BCUT2D eigenvalue weighted by molar-refractivity contribution is 5.84. The van der Waals surface area contributed by atoms with E-state index >= 15 is 0 Å². The van der Waals surface area contributed by atoms with E-state index in [2.05, 4.69) is 0 Å². The lowest BCUT2D eigenvalue weighted by atomic mass is 9.79. The second-order valence-electron chi connectivity index (χ2n) is 15.4. The minimum atomic E-state index is -2.32. The van der Waals surface area contributed by atoms with E-state index in [0.717, 1.165) is 0 Å². The summed E-state index contributed by atoms with van der Waals surface area (Å²) < 4.78 is 11.4. The van der Waals surface area contributed by atoms with Crippen LogP contribution >= 0.6 is 0 Å². The maximum atomic E-state index is 13.9. The molecule has 0 bridgehead atoms. The van der Waals surface area contributed by atoms with Crippen molar-refractivity contribution in [1.29, 1.82) is 0 Å². The van der Waals surface area contributed by atoms with Crippen LogP contribution in [0, 0.1) is 0 Å². The lowest BCUT2D eigenvalue weighted by Gasteiger charge is -2.55. The van der Waals surface area contributed by atoms with Gasteiger partial charge in [0.25, 0.3) is 0 Å². The number of ether oxygens (including phenoxy) is 2. The number of para-hydroxylation sites is 2. The van der Waals surface area contributed by atoms with Gasteiger partial charge in [0.1, 0.15) is 0 Å². The van der Waals surface area contributed by atoms with Crippen LogP contribution in [0.2, 0.25) is 0 Å². The largest absolute Gasteiger partial charge is 0.403 e. The first-order valence-corrected chi connectivity index (χ1v) is 16.4. The van der Waals surface area contributed by atoms with E-state index in [0.29, 0.717) is 37.2 Å². The Hall–Kier alpha value is -3.26. The average molecular weight is 675 g/mol. The number of quaternary nitrogens is 2. The molecule has 2 saturated heterocycles. The van der Waals surface area contributed by atoms with Crippen LogP contribution in [-0.2, 0) is 28.7 Å². The summed E-state index contributed by atoms with van der Waals surface area (Å²) >= 11 is 0. The standard InChI is InChI=1S/C36H54N2O10/c1-33(2)21-27(43-9)22-34(3,4)37(33,45-25-17-13-11-14-18-25)47-31(41)29(39)30(40)32(42)48-38(46-26-19-15-12-16-20-26)35(5,6)23-28(44-10)24-36(38,7)8/h11-20,27-30,39-40H,21-24H2,1-10H3/q+2. The third kappa shape index (κ3) is 6.79. The molecule has 2 atom stereocenters. The zero-order valence-corrected chi connectivity index (χ0v) is 30.0. The van der Waals surface area contributed by atoms with Crippen LogP contribution in [-0.4, -0.2) is 92.6 Å². The molecule has 2 aliphatic rings. The van der Waals surface area contributed by atoms with E-state index in [1.807, 2.05) is 67.5 Å². The van der Waals surface area contributed by atoms with Gasteiger partial charge in [-0.2, -0.15) is 0 Å². The summed E-state index contributed by atoms with van der Waals surface area (Å²) in [7, 11) is 3.26.